The van der Waals surface area contributed by atoms with E-state index in [9.17, 15) is 13.2 Å². The minimum absolute atomic E-state index is 0.173. The van der Waals surface area contributed by atoms with Crippen LogP contribution in [0.3, 0.4) is 0 Å². The van der Waals surface area contributed by atoms with Gasteiger partial charge in [0.25, 0.3) is 0 Å². The SMILES string of the molecule is CC[C@H](C(=O)N[C@@H](CC(C)C)c1ccccc1)N(c1cc(C)ccc1C)S(C)(=O)=O. The van der Waals surface area contributed by atoms with E-state index in [1.54, 1.807) is 0 Å². The van der Waals surface area contributed by atoms with E-state index in [0.717, 1.165) is 29.4 Å². The van der Waals surface area contributed by atoms with Crippen LogP contribution in [-0.4, -0.2) is 26.6 Å². The van der Waals surface area contributed by atoms with Crippen molar-refractivity contribution in [2.75, 3.05) is 10.6 Å². The number of nitrogens with zero attached hydrogens (tertiary/aromatic N) is 1. The van der Waals surface area contributed by atoms with Gasteiger partial charge < -0.3 is 5.32 Å². The van der Waals surface area contributed by atoms with Gasteiger partial charge in [0.1, 0.15) is 6.04 Å². The first-order valence-electron chi connectivity index (χ1n) is 10.5. The highest BCUT2D eigenvalue weighted by atomic mass is 32.2. The number of rotatable bonds is 9. The fraction of sp³-hybridized carbons (Fsp3) is 0.458. The van der Waals surface area contributed by atoms with Crippen molar-refractivity contribution >= 4 is 21.6 Å². The van der Waals surface area contributed by atoms with Gasteiger partial charge in [-0.2, -0.15) is 0 Å². The third-order valence-electron chi connectivity index (χ3n) is 5.16. The lowest BCUT2D eigenvalue weighted by atomic mass is 9.96. The van der Waals surface area contributed by atoms with Crippen LogP contribution in [0.15, 0.2) is 48.5 Å². The lowest BCUT2D eigenvalue weighted by Gasteiger charge is -2.33. The average Bonchev–Trinajstić information content (AvgIpc) is 2.67. The number of nitrogens with one attached hydrogen (secondary N) is 1. The summed E-state index contributed by atoms with van der Waals surface area (Å²) in [6.45, 7) is 9.84. The Labute approximate surface area is 181 Å². The van der Waals surface area contributed by atoms with Gasteiger partial charge in [0.15, 0.2) is 0 Å². The molecule has 0 fully saturated rings. The molecule has 5 nitrogen and oxygen atoms in total. The van der Waals surface area contributed by atoms with Crippen LogP contribution in [0.1, 0.15) is 56.3 Å². The fourth-order valence-electron chi connectivity index (χ4n) is 3.70. The maximum absolute atomic E-state index is 13.4. The van der Waals surface area contributed by atoms with Crippen LogP contribution in [0.5, 0.6) is 0 Å². The summed E-state index contributed by atoms with van der Waals surface area (Å²) >= 11 is 0. The Morgan fingerprint density at radius 3 is 2.23 bits per heavy atom. The molecule has 0 aliphatic rings. The Morgan fingerprint density at radius 1 is 1.07 bits per heavy atom. The Hall–Kier alpha value is -2.34. The van der Waals surface area contributed by atoms with Gasteiger partial charge in [-0.15, -0.1) is 0 Å². The highest BCUT2D eigenvalue weighted by Crippen LogP contribution is 2.28. The van der Waals surface area contributed by atoms with Crippen molar-refractivity contribution in [2.24, 2.45) is 5.92 Å². The number of hydrogen-bond donors (Lipinski definition) is 1. The van der Waals surface area contributed by atoms with Crippen molar-refractivity contribution < 1.29 is 13.2 Å². The molecule has 0 unspecified atom stereocenters. The molecule has 0 heterocycles. The second-order valence-corrected chi connectivity index (χ2v) is 10.2. The van der Waals surface area contributed by atoms with Gasteiger partial charge in [-0.3, -0.25) is 9.10 Å². The molecule has 1 amide bonds. The van der Waals surface area contributed by atoms with E-state index in [1.807, 2.05) is 69.3 Å². The largest absolute Gasteiger partial charge is 0.347 e. The highest BCUT2D eigenvalue weighted by molar-refractivity contribution is 7.92. The predicted molar refractivity (Wildman–Crippen MR) is 124 cm³/mol. The molecule has 0 aromatic heterocycles. The van der Waals surface area contributed by atoms with Gasteiger partial charge in [0, 0.05) is 0 Å². The Morgan fingerprint density at radius 2 is 1.70 bits per heavy atom. The lowest BCUT2D eigenvalue weighted by molar-refractivity contribution is -0.123. The number of amides is 1. The molecule has 30 heavy (non-hydrogen) atoms. The zero-order valence-corrected chi connectivity index (χ0v) is 19.7. The topological polar surface area (TPSA) is 66.5 Å². The van der Waals surface area contributed by atoms with E-state index in [1.165, 1.54) is 4.31 Å². The zero-order chi connectivity index (χ0) is 22.5. The van der Waals surface area contributed by atoms with E-state index >= 15 is 0 Å². The van der Waals surface area contributed by atoms with Crippen LogP contribution in [0, 0.1) is 19.8 Å². The van der Waals surface area contributed by atoms with Gasteiger partial charge in [-0.1, -0.05) is 63.2 Å². The maximum atomic E-state index is 13.4. The molecule has 6 heteroatoms. The molecule has 0 bridgehead atoms. The van der Waals surface area contributed by atoms with Crippen LogP contribution in [0.2, 0.25) is 0 Å². The minimum Gasteiger partial charge on any atom is -0.347 e. The summed E-state index contributed by atoms with van der Waals surface area (Å²) in [5.41, 5.74) is 3.34. The van der Waals surface area contributed by atoms with Crippen LogP contribution in [-0.2, 0) is 14.8 Å². The summed E-state index contributed by atoms with van der Waals surface area (Å²) in [4.78, 5) is 13.4. The van der Waals surface area contributed by atoms with Gasteiger partial charge in [0.2, 0.25) is 15.9 Å². The molecule has 0 saturated heterocycles. The van der Waals surface area contributed by atoms with Crippen molar-refractivity contribution in [3.8, 4) is 0 Å². The van der Waals surface area contributed by atoms with E-state index in [4.69, 9.17) is 0 Å². The summed E-state index contributed by atoms with van der Waals surface area (Å²) in [6, 6.07) is 14.5. The molecule has 2 rings (SSSR count). The van der Waals surface area contributed by atoms with E-state index in [-0.39, 0.29) is 11.9 Å². The Bertz CT molecular complexity index is 956. The third-order valence-corrected chi connectivity index (χ3v) is 6.32. The number of carbonyl (C=O) groups excluding carboxylic acids is 1. The molecule has 2 aromatic rings. The van der Waals surface area contributed by atoms with Gasteiger partial charge in [-0.05, 0) is 55.4 Å². The summed E-state index contributed by atoms with van der Waals surface area (Å²) in [5.74, 6) is 0.0962. The molecule has 1 N–H and O–H groups in total. The zero-order valence-electron chi connectivity index (χ0n) is 18.8. The van der Waals surface area contributed by atoms with E-state index < -0.39 is 16.1 Å². The minimum atomic E-state index is -3.66. The molecular weight excluding hydrogens is 396 g/mol. The number of benzene rings is 2. The standard InChI is InChI=1S/C24H34N2O3S/c1-7-22(26(30(6,28)29)23-16-18(4)13-14-19(23)5)24(27)25-21(15-17(2)3)20-11-9-8-10-12-20/h8-14,16-17,21-22H,7,15H2,1-6H3,(H,25,27)/t21-,22+/m0/s1. The predicted octanol–water partition coefficient (Wildman–Crippen LogP) is 4.75. The normalized spacial score (nSPS) is 13.7. The molecule has 0 aliphatic heterocycles. The van der Waals surface area contributed by atoms with Crippen molar-refractivity contribution in [2.45, 2.75) is 59.5 Å². The molecule has 2 atom stereocenters. The second-order valence-electron chi connectivity index (χ2n) is 8.37. The monoisotopic (exact) mass is 430 g/mol. The fourth-order valence-corrected chi connectivity index (χ4v) is 4.96. The summed E-state index contributed by atoms with van der Waals surface area (Å²) < 4.78 is 26.8. The highest BCUT2D eigenvalue weighted by Gasteiger charge is 2.33. The maximum Gasteiger partial charge on any atom is 0.244 e. The smallest absolute Gasteiger partial charge is 0.244 e. The number of hydrogen-bond acceptors (Lipinski definition) is 3. The Balaban J connectivity index is 2.43. The van der Waals surface area contributed by atoms with Crippen LogP contribution < -0.4 is 9.62 Å². The first kappa shape index (κ1) is 23.9. The molecule has 0 saturated carbocycles. The molecular formula is C24H34N2O3S. The summed E-state index contributed by atoms with van der Waals surface area (Å²) in [6.07, 6.45) is 2.30. The first-order valence-corrected chi connectivity index (χ1v) is 12.3. The number of sulfonamides is 1. The van der Waals surface area contributed by atoms with Gasteiger partial charge >= 0.3 is 0 Å². The number of anilines is 1. The lowest BCUT2D eigenvalue weighted by Crippen LogP contribution is -2.50. The van der Waals surface area contributed by atoms with E-state index in [0.29, 0.717) is 18.0 Å². The van der Waals surface area contributed by atoms with Crippen molar-refractivity contribution in [1.82, 2.24) is 5.32 Å². The molecule has 0 spiro atoms. The number of carbonyl (C=O) groups is 1. The van der Waals surface area contributed by atoms with E-state index in [2.05, 4.69) is 19.2 Å². The van der Waals surface area contributed by atoms with Crippen LogP contribution >= 0.6 is 0 Å². The molecule has 0 radical (unpaired) electrons. The van der Waals surface area contributed by atoms with Crippen LogP contribution in [0.25, 0.3) is 0 Å². The second kappa shape index (κ2) is 10.1. The number of aryl methyl sites for hydroxylation is 2. The van der Waals surface area contributed by atoms with Gasteiger partial charge in [0.05, 0.1) is 18.0 Å². The molecule has 2 aromatic carbocycles. The molecule has 0 aliphatic carbocycles. The van der Waals surface area contributed by atoms with Gasteiger partial charge in [-0.25, -0.2) is 8.42 Å². The van der Waals surface area contributed by atoms with Crippen molar-refractivity contribution in [3.05, 3.63) is 65.2 Å². The Kier molecular flexibility index (Phi) is 8.07. The molecule has 164 valence electrons. The van der Waals surface area contributed by atoms with Crippen molar-refractivity contribution in [3.63, 3.8) is 0 Å². The third kappa shape index (κ3) is 6.08. The average molecular weight is 431 g/mol. The first-order chi connectivity index (χ1) is 14.0. The quantitative estimate of drug-likeness (QED) is 0.624. The summed E-state index contributed by atoms with van der Waals surface area (Å²) in [7, 11) is -3.66. The van der Waals surface area contributed by atoms with Crippen molar-refractivity contribution in [1.29, 1.82) is 0 Å². The summed E-state index contributed by atoms with van der Waals surface area (Å²) in [5, 5.41) is 3.13. The van der Waals surface area contributed by atoms with Crippen LogP contribution in [0.4, 0.5) is 5.69 Å².